The summed E-state index contributed by atoms with van der Waals surface area (Å²) in [7, 11) is -3.97. The second kappa shape index (κ2) is 12.6. The summed E-state index contributed by atoms with van der Waals surface area (Å²) >= 11 is 7.52. The molecular formula is C24H22ClN5O5S2. The molecule has 0 fully saturated rings. The molecule has 3 rings (SSSR count). The van der Waals surface area contributed by atoms with Crippen LogP contribution in [-0.2, 0) is 26.1 Å². The van der Waals surface area contributed by atoms with E-state index < -0.39 is 21.9 Å². The molecule has 0 atom stereocenters. The molecule has 1 heterocycles. The molecule has 0 radical (unpaired) electrons. The van der Waals surface area contributed by atoms with Crippen molar-refractivity contribution in [3.05, 3.63) is 57.9 Å². The van der Waals surface area contributed by atoms with Gasteiger partial charge in [-0.2, -0.15) is 19.8 Å². The number of carbonyl (C=O) groups excluding carboxylic acids is 2. The minimum absolute atomic E-state index is 0.0227. The Morgan fingerprint density at radius 1 is 1.11 bits per heavy atom. The summed E-state index contributed by atoms with van der Waals surface area (Å²) in [5.74, 6) is -1.15. The fraction of sp³-hybridized carbons (Fsp3) is 0.292. The molecular weight excluding hydrogens is 538 g/mol. The number of sulfonamides is 1. The lowest BCUT2D eigenvalue weighted by Gasteiger charge is -2.20. The molecule has 10 nitrogen and oxygen atoms in total. The van der Waals surface area contributed by atoms with Gasteiger partial charge in [0.05, 0.1) is 38.9 Å². The van der Waals surface area contributed by atoms with Crippen molar-refractivity contribution in [2.45, 2.75) is 31.2 Å². The fourth-order valence-corrected chi connectivity index (χ4v) is 6.25. The van der Waals surface area contributed by atoms with Crippen LogP contribution >= 0.6 is 22.9 Å². The van der Waals surface area contributed by atoms with Crippen molar-refractivity contribution in [2.24, 2.45) is 4.99 Å². The van der Waals surface area contributed by atoms with Crippen molar-refractivity contribution in [1.29, 1.82) is 10.5 Å². The lowest BCUT2D eigenvalue weighted by atomic mass is 10.2. The third kappa shape index (κ3) is 6.61. The third-order valence-corrected chi connectivity index (χ3v) is 8.39. The van der Waals surface area contributed by atoms with Gasteiger partial charge in [0.2, 0.25) is 10.0 Å². The van der Waals surface area contributed by atoms with Crippen LogP contribution in [0.25, 0.3) is 10.2 Å². The van der Waals surface area contributed by atoms with Crippen molar-refractivity contribution >= 4 is 55.1 Å². The van der Waals surface area contributed by atoms with Crippen LogP contribution < -0.4 is 4.80 Å². The normalized spacial score (nSPS) is 11.9. The monoisotopic (exact) mass is 559 g/mol. The number of benzene rings is 2. The van der Waals surface area contributed by atoms with Gasteiger partial charge in [-0.05, 0) is 43.3 Å². The minimum Gasteiger partial charge on any atom is -0.465 e. The SMILES string of the molecule is CCOC(=O)Cn1c(=NC(=O)c2ccc(S(=O)(=O)N(CCC#N)CCC#N)cc2)sc2cccc(Cl)c21. The average molecular weight is 560 g/mol. The van der Waals surface area contributed by atoms with E-state index in [2.05, 4.69) is 4.99 Å². The van der Waals surface area contributed by atoms with Crippen molar-refractivity contribution in [2.75, 3.05) is 19.7 Å². The molecule has 37 heavy (non-hydrogen) atoms. The molecule has 0 bridgehead atoms. The molecule has 0 N–H and O–H groups in total. The summed E-state index contributed by atoms with van der Waals surface area (Å²) in [5.41, 5.74) is 0.677. The Balaban J connectivity index is 1.96. The molecule has 192 valence electrons. The number of nitrogens with zero attached hydrogens (tertiary/aromatic N) is 5. The number of ether oxygens (including phenoxy) is 1. The maximum Gasteiger partial charge on any atom is 0.326 e. The minimum atomic E-state index is -3.97. The molecule has 0 unspecified atom stereocenters. The number of nitriles is 2. The molecule has 1 amide bonds. The quantitative estimate of drug-likeness (QED) is 0.345. The molecule has 2 aromatic carbocycles. The Kier molecular flexibility index (Phi) is 9.55. The first-order chi connectivity index (χ1) is 17.7. The molecule has 13 heteroatoms. The molecule has 0 saturated heterocycles. The van der Waals surface area contributed by atoms with Crippen LogP contribution in [-0.4, -0.2) is 48.9 Å². The van der Waals surface area contributed by atoms with Gasteiger partial charge < -0.3 is 9.30 Å². The summed E-state index contributed by atoms with van der Waals surface area (Å²) in [6, 6.07) is 14.2. The van der Waals surface area contributed by atoms with E-state index in [1.807, 2.05) is 12.1 Å². The summed E-state index contributed by atoms with van der Waals surface area (Å²) in [5, 5.41) is 18.1. The van der Waals surface area contributed by atoms with Gasteiger partial charge in [0, 0.05) is 31.5 Å². The number of aromatic nitrogens is 1. The van der Waals surface area contributed by atoms with Gasteiger partial charge in [0.25, 0.3) is 5.91 Å². The van der Waals surface area contributed by atoms with E-state index in [0.29, 0.717) is 10.5 Å². The number of halogens is 1. The Bertz CT molecular complexity index is 1550. The molecule has 0 spiro atoms. The Labute approximate surface area is 222 Å². The van der Waals surface area contributed by atoms with Gasteiger partial charge in [0.15, 0.2) is 4.80 Å². The number of esters is 1. The Morgan fingerprint density at radius 2 is 1.76 bits per heavy atom. The third-order valence-electron chi connectivity index (χ3n) is 5.13. The zero-order chi connectivity index (χ0) is 27.0. The largest absolute Gasteiger partial charge is 0.465 e. The summed E-state index contributed by atoms with van der Waals surface area (Å²) < 4.78 is 34.3. The number of hydrogen-bond donors (Lipinski definition) is 0. The highest BCUT2D eigenvalue weighted by atomic mass is 35.5. The molecule has 0 aliphatic carbocycles. The van der Waals surface area contributed by atoms with Gasteiger partial charge in [-0.3, -0.25) is 9.59 Å². The Hall–Kier alpha value is -3.55. The number of hydrogen-bond acceptors (Lipinski definition) is 8. The van der Waals surface area contributed by atoms with E-state index in [4.69, 9.17) is 26.9 Å². The van der Waals surface area contributed by atoms with Gasteiger partial charge >= 0.3 is 5.97 Å². The highest BCUT2D eigenvalue weighted by Gasteiger charge is 2.24. The zero-order valence-corrected chi connectivity index (χ0v) is 22.1. The average Bonchev–Trinajstić information content (AvgIpc) is 3.21. The summed E-state index contributed by atoms with van der Waals surface area (Å²) in [4.78, 5) is 29.5. The first kappa shape index (κ1) is 28.0. The molecule has 0 aliphatic rings. The summed E-state index contributed by atoms with van der Waals surface area (Å²) in [6.07, 6.45) is -0.0455. The van der Waals surface area contributed by atoms with Crippen LogP contribution in [0.5, 0.6) is 0 Å². The van der Waals surface area contributed by atoms with Crippen LogP contribution in [0.1, 0.15) is 30.1 Å². The number of para-hydroxylation sites is 1. The lowest BCUT2D eigenvalue weighted by Crippen LogP contribution is -2.32. The zero-order valence-electron chi connectivity index (χ0n) is 19.8. The first-order valence-corrected chi connectivity index (χ1v) is 13.7. The molecule has 1 aromatic heterocycles. The van der Waals surface area contributed by atoms with Crippen molar-refractivity contribution in [3.63, 3.8) is 0 Å². The molecule has 0 aliphatic heterocycles. The second-order valence-corrected chi connectivity index (χ2v) is 10.9. The van der Waals surface area contributed by atoms with E-state index in [-0.39, 0.29) is 54.3 Å². The number of amides is 1. The first-order valence-electron chi connectivity index (χ1n) is 11.1. The van der Waals surface area contributed by atoms with Gasteiger partial charge in [0.1, 0.15) is 6.54 Å². The fourth-order valence-electron chi connectivity index (χ4n) is 3.43. The van der Waals surface area contributed by atoms with Crippen molar-refractivity contribution < 1.29 is 22.7 Å². The van der Waals surface area contributed by atoms with E-state index in [1.54, 1.807) is 25.1 Å². The van der Waals surface area contributed by atoms with E-state index in [0.717, 1.165) is 9.01 Å². The van der Waals surface area contributed by atoms with E-state index in [1.165, 1.54) is 40.2 Å². The van der Waals surface area contributed by atoms with Gasteiger partial charge in [-0.1, -0.05) is 29.0 Å². The topological polar surface area (TPSA) is 146 Å². The van der Waals surface area contributed by atoms with E-state index >= 15 is 0 Å². The van der Waals surface area contributed by atoms with Crippen molar-refractivity contribution in [1.82, 2.24) is 8.87 Å². The van der Waals surface area contributed by atoms with Crippen LogP contribution in [0.2, 0.25) is 5.02 Å². The summed E-state index contributed by atoms with van der Waals surface area (Å²) in [6.45, 7) is 1.59. The van der Waals surface area contributed by atoms with Gasteiger partial charge in [-0.15, -0.1) is 0 Å². The Morgan fingerprint density at radius 3 is 2.35 bits per heavy atom. The highest BCUT2D eigenvalue weighted by Crippen LogP contribution is 2.25. The van der Waals surface area contributed by atoms with Crippen LogP contribution in [0.15, 0.2) is 52.4 Å². The van der Waals surface area contributed by atoms with Crippen LogP contribution in [0.3, 0.4) is 0 Å². The molecule has 3 aromatic rings. The molecule has 0 saturated carbocycles. The number of fused-ring (bicyclic) bond motifs is 1. The number of carbonyl (C=O) groups is 2. The lowest BCUT2D eigenvalue weighted by molar-refractivity contribution is -0.143. The predicted octanol–water partition coefficient (Wildman–Crippen LogP) is 3.48. The van der Waals surface area contributed by atoms with Crippen LogP contribution in [0, 0.1) is 22.7 Å². The maximum absolute atomic E-state index is 13.0. The predicted molar refractivity (Wildman–Crippen MR) is 137 cm³/mol. The van der Waals surface area contributed by atoms with Gasteiger partial charge in [-0.25, -0.2) is 8.42 Å². The standard InChI is InChI=1S/C24H22ClN5O5S2/c1-2-35-21(31)16-30-22-19(25)6-3-7-20(22)36-24(30)28-23(32)17-8-10-18(11-9-17)37(33,34)29(14-4-12-26)15-5-13-27/h3,6-11H,2,4-5,14-16H2,1H3. The second-order valence-electron chi connectivity index (χ2n) is 7.52. The van der Waals surface area contributed by atoms with Crippen molar-refractivity contribution in [3.8, 4) is 12.1 Å². The maximum atomic E-state index is 13.0. The van der Waals surface area contributed by atoms with Crippen LogP contribution in [0.4, 0.5) is 0 Å². The number of thiazole rings is 1. The smallest absolute Gasteiger partial charge is 0.326 e. The van der Waals surface area contributed by atoms with E-state index in [9.17, 15) is 18.0 Å². The number of rotatable bonds is 10. The highest BCUT2D eigenvalue weighted by molar-refractivity contribution is 7.89.